The van der Waals surface area contributed by atoms with E-state index in [0.29, 0.717) is 5.57 Å². The van der Waals surface area contributed by atoms with Gasteiger partial charge in [0.2, 0.25) is 0 Å². The molecule has 0 aromatic heterocycles. The first-order chi connectivity index (χ1) is 8.51. The summed E-state index contributed by atoms with van der Waals surface area (Å²) in [6.45, 7) is 8.17. The number of esters is 1. The lowest BCUT2D eigenvalue weighted by Crippen LogP contribution is -2.28. The summed E-state index contributed by atoms with van der Waals surface area (Å²) in [5, 5.41) is 0. The van der Waals surface area contributed by atoms with Crippen molar-refractivity contribution in [1.82, 2.24) is 0 Å². The Labute approximate surface area is 108 Å². The van der Waals surface area contributed by atoms with Crippen LogP contribution in [-0.2, 0) is 14.3 Å². The maximum Gasteiger partial charge on any atom is 0.334 e. The van der Waals surface area contributed by atoms with Crippen LogP contribution in [0.15, 0.2) is 23.8 Å². The normalized spacial score (nSPS) is 43.7. The van der Waals surface area contributed by atoms with Crippen molar-refractivity contribution in [3.8, 4) is 0 Å². The summed E-state index contributed by atoms with van der Waals surface area (Å²) in [4.78, 5) is 11.7. The Hall–Kier alpha value is -1.09. The topological polar surface area (TPSA) is 38.8 Å². The molecular formula is C15H20O3. The molecule has 0 aromatic carbocycles. The van der Waals surface area contributed by atoms with Gasteiger partial charge >= 0.3 is 5.97 Å². The third kappa shape index (κ3) is 1.81. The molecule has 0 bridgehead atoms. The highest BCUT2D eigenvalue weighted by Crippen LogP contribution is 2.49. The van der Waals surface area contributed by atoms with Crippen LogP contribution in [-0.4, -0.2) is 23.8 Å². The van der Waals surface area contributed by atoms with E-state index in [0.717, 1.165) is 25.7 Å². The molecule has 3 rings (SSSR count). The molecule has 0 unspecified atom stereocenters. The molecule has 0 spiro atoms. The van der Waals surface area contributed by atoms with E-state index in [9.17, 15) is 4.79 Å². The molecule has 4 atom stereocenters. The molecule has 2 heterocycles. The van der Waals surface area contributed by atoms with Crippen LogP contribution in [0.4, 0.5) is 0 Å². The SMILES string of the molecule is C=C1C(=O)O[C@@H]2[C@@H]1CCC(C)=CCC[C@@]1(C)O[C@H]21. The Bertz CT molecular complexity index is 437. The lowest BCUT2D eigenvalue weighted by molar-refractivity contribution is -0.140. The Balaban J connectivity index is 1.87. The van der Waals surface area contributed by atoms with E-state index in [1.165, 1.54) is 5.57 Å². The van der Waals surface area contributed by atoms with Crippen molar-refractivity contribution in [3.63, 3.8) is 0 Å². The molecule has 0 radical (unpaired) electrons. The fourth-order valence-electron chi connectivity index (χ4n) is 3.20. The summed E-state index contributed by atoms with van der Waals surface area (Å²) in [5.74, 6) is -0.102. The Morgan fingerprint density at radius 1 is 1.50 bits per heavy atom. The van der Waals surface area contributed by atoms with Crippen molar-refractivity contribution < 1.29 is 14.3 Å². The molecule has 1 aliphatic carbocycles. The molecule has 98 valence electrons. The summed E-state index contributed by atoms with van der Waals surface area (Å²) < 4.78 is 11.3. The number of ether oxygens (including phenoxy) is 2. The number of fused-ring (bicyclic) bond motifs is 3. The number of epoxide rings is 1. The monoisotopic (exact) mass is 248 g/mol. The van der Waals surface area contributed by atoms with E-state index >= 15 is 0 Å². The Morgan fingerprint density at radius 2 is 2.28 bits per heavy atom. The molecule has 2 saturated heterocycles. The summed E-state index contributed by atoms with van der Waals surface area (Å²) in [5.41, 5.74) is 1.91. The summed E-state index contributed by atoms with van der Waals surface area (Å²) in [6, 6.07) is 0. The zero-order chi connectivity index (χ0) is 12.9. The molecule has 3 aliphatic rings. The fraction of sp³-hybridized carbons (Fsp3) is 0.667. The van der Waals surface area contributed by atoms with E-state index in [1.54, 1.807) is 0 Å². The molecular weight excluding hydrogens is 228 g/mol. The van der Waals surface area contributed by atoms with Gasteiger partial charge in [-0.25, -0.2) is 4.79 Å². The van der Waals surface area contributed by atoms with Gasteiger partial charge in [-0.15, -0.1) is 0 Å². The first-order valence-corrected chi connectivity index (χ1v) is 6.74. The predicted octanol–water partition coefficient (Wildman–Crippen LogP) is 2.76. The van der Waals surface area contributed by atoms with Crippen molar-refractivity contribution in [3.05, 3.63) is 23.8 Å². The first-order valence-electron chi connectivity index (χ1n) is 6.74. The molecule has 0 saturated carbocycles. The van der Waals surface area contributed by atoms with Gasteiger partial charge in [0.05, 0.1) is 5.60 Å². The van der Waals surface area contributed by atoms with Crippen LogP contribution in [0.25, 0.3) is 0 Å². The first kappa shape index (κ1) is 12.0. The summed E-state index contributed by atoms with van der Waals surface area (Å²) >= 11 is 0. The zero-order valence-electron chi connectivity index (χ0n) is 11.1. The van der Waals surface area contributed by atoms with Gasteiger partial charge in [-0.05, 0) is 39.5 Å². The van der Waals surface area contributed by atoms with E-state index in [1.807, 2.05) is 0 Å². The highest BCUT2D eigenvalue weighted by atomic mass is 16.6. The van der Waals surface area contributed by atoms with Gasteiger partial charge in [0.1, 0.15) is 12.2 Å². The van der Waals surface area contributed by atoms with E-state index in [2.05, 4.69) is 26.5 Å². The van der Waals surface area contributed by atoms with Crippen molar-refractivity contribution in [2.24, 2.45) is 5.92 Å². The van der Waals surface area contributed by atoms with Gasteiger partial charge in [-0.1, -0.05) is 18.2 Å². The number of allylic oxidation sites excluding steroid dienone is 2. The van der Waals surface area contributed by atoms with Crippen molar-refractivity contribution in [1.29, 1.82) is 0 Å². The average Bonchev–Trinajstić information content (AvgIpc) is 2.90. The maximum atomic E-state index is 11.7. The minimum atomic E-state index is -0.233. The number of hydrogen-bond donors (Lipinski definition) is 0. The van der Waals surface area contributed by atoms with Gasteiger partial charge < -0.3 is 9.47 Å². The maximum absolute atomic E-state index is 11.7. The van der Waals surface area contributed by atoms with Crippen LogP contribution in [0.1, 0.15) is 39.5 Å². The second-order valence-corrected chi connectivity index (χ2v) is 5.98. The number of carbonyl (C=O) groups excluding carboxylic acids is 1. The number of carbonyl (C=O) groups is 1. The van der Waals surface area contributed by atoms with Crippen LogP contribution in [0.3, 0.4) is 0 Å². The average molecular weight is 248 g/mol. The largest absolute Gasteiger partial charge is 0.455 e. The summed E-state index contributed by atoms with van der Waals surface area (Å²) in [7, 11) is 0. The van der Waals surface area contributed by atoms with Crippen molar-refractivity contribution >= 4 is 5.97 Å². The molecule has 2 aliphatic heterocycles. The minimum Gasteiger partial charge on any atom is -0.455 e. The lowest BCUT2D eigenvalue weighted by Gasteiger charge is -2.19. The molecule has 18 heavy (non-hydrogen) atoms. The second kappa shape index (κ2) is 3.95. The Morgan fingerprint density at radius 3 is 3.06 bits per heavy atom. The second-order valence-electron chi connectivity index (χ2n) is 5.98. The van der Waals surface area contributed by atoms with Gasteiger partial charge in [0, 0.05) is 11.5 Å². The smallest absolute Gasteiger partial charge is 0.334 e. The van der Waals surface area contributed by atoms with Crippen LogP contribution in [0.2, 0.25) is 0 Å². The van der Waals surface area contributed by atoms with Gasteiger partial charge in [0.15, 0.2) is 0 Å². The number of hydrogen-bond acceptors (Lipinski definition) is 3. The standard InChI is InChI=1S/C15H20O3/c1-9-5-4-8-15(3)13(18-15)12-11(7-6-9)10(2)14(16)17-12/h5,11-13H,2,4,6-8H2,1,3H3/t11-,12-,13-,15-/m1/s1. The third-order valence-corrected chi connectivity index (χ3v) is 4.57. The van der Waals surface area contributed by atoms with Crippen LogP contribution < -0.4 is 0 Å². The fourth-order valence-corrected chi connectivity index (χ4v) is 3.20. The Kier molecular flexibility index (Phi) is 2.63. The molecule has 3 heteroatoms. The third-order valence-electron chi connectivity index (χ3n) is 4.57. The molecule has 0 N–H and O–H groups in total. The quantitative estimate of drug-likeness (QED) is 0.286. The summed E-state index contributed by atoms with van der Waals surface area (Å²) in [6.07, 6.45) is 6.25. The highest BCUT2D eigenvalue weighted by Gasteiger charge is 2.61. The van der Waals surface area contributed by atoms with Crippen molar-refractivity contribution in [2.75, 3.05) is 0 Å². The van der Waals surface area contributed by atoms with Crippen LogP contribution in [0.5, 0.6) is 0 Å². The van der Waals surface area contributed by atoms with Gasteiger partial charge in [-0.2, -0.15) is 0 Å². The zero-order valence-corrected chi connectivity index (χ0v) is 11.1. The molecule has 0 aromatic rings. The molecule has 3 nitrogen and oxygen atoms in total. The minimum absolute atomic E-state index is 0.0671. The van der Waals surface area contributed by atoms with Gasteiger partial charge in [-0.3, -0.25) is 0 Å². The lowest BCUT2D eigenvalue weighted by atomic mass is 9.84. The van der Waals surface area contributed by atoms with Crippen LogP contribution in [0, 0.1) is 5.92 Å². The molecule has 0 amide bonds. The molecule has 2 fully saturated rings. The van der Waals surface area contributed by atoms with E-state index in [4.69, 9.17) is 9.47 Å². The predicted molar refractivity (Wildman–Crippen MR) is 68.0 cm³/mol. The van der Waals surface area contributed by atoms with E-state index in [-0.39, 0.29) is 29.7 Å². The van der Waals surface area contributed by atoms with E-state index < -0.39 is 0 Å². The van der Waals surface area contributed by atoms with Gasteiger partial charge in [0.25, 0.3) is 0 Å². The van der Waals surface area contributed by atoms with Crippen LogP contribution >= 0.6 is 0 Å². The van der Waals surface area contributed by atoms with Crippen molar-refractivity contribution in [2.45, 2.75) is 57.3 Å². The number of rotatable bonds is 0. The highest BCUT2D eigenvalue weighted by molar-refractivity contribution is 5.91.